The Hall–Kier alpha value is -4.47. The molecule has 1 saturated carbocycles. The van der Waals surface area contributed by atoms with Crippen LogP contribution in [0.25, 0.3) is 22.2 Å². The number of rotatable bonds is 6. The first kappa shape index (κ1) is 20.2. The molecule has 3 N–H and O–H groups in total. The Labute approximate surface area is 191 Å². The van der Waals surface area contributed by atoms with Gasteiger partial charge in [0.1, 0.15) is 11.6 Å². The summed E-state index contributed by atoms with van der Waals surface area (Å²) in [6.07, 6.45) is 2.02. The number of fused-ring (bicyclic) bond motifs is 2. The fourth-order valence-electron chi connectivity index (χ4n) is 4.36. The quantitative estimate of drug-likeness (QED) is 0.359. The number of H-pyrrole nitrogens is 2. The molecule has 0 amide bonds. The minimum absolute atomic E-state index is 0.0421. The first-order chi connectivity index (χ1) is 16.5. The van der Waals surface area contributed by atoms with Crippen molar-refractivity contribution in [2.75, 3.05) is 0 Å². The van der Waals surface area contributed by atoms with Gasteiger partial charge in [-0.3, -0.25) is 14.3 Å². The van der Waals surface area contributed by atoms with Crippen LogP contribution >= 0.6 is 0 Å². The van der Waals surface area contributed by atoms with Crippen LogP contribution in [-0.2, 0) is 13.0 Å². The summed E-state index contributed by atoms with van der Waals surface area (Å²) in [5.41, 5.74) is 2.22. The van der Waals surface area contributed by atoms with Gasteiger partial charge >= 0.3 is 11.7 Å². The lowest BCUT2D eigenvalue weighted by Crippen LogP contribution is -2.30. The molecule has 0 unspecified atom stereocenters. The molecule has 1 aliphatic carbocycles. The van der Waals surface area contributed by atoms with Crippen molar-refractivity contribution in [3.63, 3.8) is 0 Å². The second-order valence-corrected chi connectivity index (χ2v) is 8.53. The smallest absolute Gasteiger partial charge is 0.335 e. The van der Waals surface area contributed by atoms with E-state index >= 15 is 0 Å². The molecule has 6 rings (SSSR count). The molecule has 34 heavy (non-hydrogen) atoms. The maximum Gasteiger partial charge on any atom is 0.335 e. The molecular formula is C24H20N6O4. The van der Waals surface area contributed by atoms with Crippen molar-refractivity contribution in [3.05, 3.63) is 92.1 Å². The molecule has 3 aromatic heterocycles. The maximum atomic E-state index is 12.9. The normalized spacial score (nSPS) is 13.6. The van der Waals surface area contributed by atoms with Crippen LogP contribution in [0, 0.1) is 0 Å². The number of benzene rings is 2. The summed E-state index contributed by atoms with van der Waals surface area (Å²) >= 11 is 0. The molecular weight excluding hydrogens is 436 g/mol. The first-order valence-electron chi connectivity index (χ1n) is 11.0. The first-order valence-corrected chi connectivity index (χ1v) is 11.0. The number of carboxylic acids is 1. The molecule has 0 bridgehead atoms. The van der Waals surface area contributed by atoms with E-state index in [1.165, 1.54) is 12.1 Å². The van der Waals surface area contributed by atoms with Crippen molar-refractivity contribution in [1.82, 2.24) is 29.1 Å². The molecule has 0 saturated heterocycles. The van der Waals surface area contributed by atoms with Gasteiger partial charge in [0.15, 0.2) is 11.2 Å². The predicted molar refractivity (Wildman–Crippen MR) is 124 cm³/mol. The summed E-state index contributed by atoms with van der Waals surface area (Å²) in [6.45, 7) is 0.405. The molecule has 0 radical (unpaired) electrons. The molecule has 10 heteroatoms. The number of aromatic nitrogens is 6. The van der Waals surface area contributed by atoms with E-state index in [9.17, 15) is 19.5 Å². The summed E-state index contributed by atoms with van der Waals surface area (Å²) in [5.74, 6) is 0.153. The molecule has 170 valence electrons. The Morgan fingerprint density at radius 2 is 1.85 bits per heavy atom. The third-order valence-electron chi connectivity index (χ3n) is 6.11. The zero-order valence-electron chi connectivity index (χ0n) is 18.0. The molecule has 1 aliphatic rings. The minimum atomic E-state index is -1.01. The highest BCUT2D eigenvalue weighted by Crippen LogP contribution is 2.35. The lowest BCUT2D eigenvalue weighted by molar-refractivity contribution is 0.0697. The Morgan fingerprint density at radius 1 is 1.06 bits per heavy atom. The zero-order chi connectivity index (χ0) is 23.4. The van der Waals surface area contributed by atoms with E-state index in [0.29, 0.717) is 40.4 Å². The third kappa shape index (κ3) is 3.40. The summed E-state index contributed by atoms with van der Waals surface area (Å²) in [7, 11) is 0. The van der Waals surface area contributed by atoms with E-state index in [4.69, 9.17) is 4.98 Å². The Balaban J connectivity index is 1.51. The van der Waals surface area contributed by atoms with Crippen LogP contribution < -0.4 is 11.2 Å². The number of nitrogens with zero attached hydrogens (tertiary/aromatic N) is 4. The zero-order valence-corrected chi connectivity index (χ0v) is 18.0. The predicted octanol–water partition coefficient (Wildman–Crippen LogP) is 2.43. The van der Waals surface area contributed by atoms with Crippen molar-refractivity contribution in [3.8, 4) is 0 Å². The second-order valence-electron chi connectivity index (χ2n) is 8.53. The van der Waals surface area contributed by atoms with E-state index < -0.39 is 17.2 Å². The monoisotopic (exact) mass is 456 g/mol. The number of imidazole rings is 2. The van der Waals surface area contributed by atoms with Crippen LogP contribution in [-0.4, -0.2) is 40.1 Å². The van der Waals surface area contributed by atoms with Crippen LogP contribution in [0.1, 0.15) is 46.5 Å². The van der Waals surface area contributed by atoms with Gasteiger partial charge in [-0.05, 0) is 36.6 Å². The lowest BCUT2D eigenvalue weighted by Gasteiger charge is -2.09. The average Bonchev–Trinajstić information content (AvgIpc) is 3.46. The van der Waals surface area contributed by atoms with Gasteiger partial charge in [-0.1, -0.05) is 30.3 Å². The fourth-order valence-corrected chi connectivity index (χ4v) is 4.36. The van der Waals surface area contributed by atoms with Gasteiger partial charge in [0.05, 0.1) is 23.0 Å². The number of nitrogens with one attached hydrogen (secondary N) is 2. The molecule has 0 atom stereocenters. The lowest BCUT2D eigenvalue weighted by atomic mass is 10.2. The summed E-state index contributed by atoms with van der Waals surface area (Å²) in [6, 6.07) is 14.5. The molecule has 2 aromatic carbocycles. The van der Waals surface area contributed by atoms with E-state index in [2.05, 4.69) is 15.0 Å². The van der Waals surface area contributed by atoms with Gasteiger partial charge < -0.3 is 14.7 Å². The summed E-state index contributed by atoms with van der Waals surface area (Å²) < 4.78 is 3.41. The van der Waals surface area contributed by atoms with Gasteiger partial charge in [0.25, 0.3) is 5.56 Å². The standard InChI is InChI=1S/C24H20N6O4/c31-22-20-21(30(15-7-8-15)24(34)28-22)27-19(29(20)12-13-4-2-1-3-5-13)11-18-25-16-9-6-14(23(32)33)10-17(16)26-18/h1-6,9-10,15H,7-8,11-12H2,(H,25,26)(H,32,33)(H,28,31,34). The molecule has 0 aliphatic heterocycles. The average molecular weight is 456 g/mol. The van der Waals surface area contributed by atoms with Crippen LogP contribution in [0.4, 0.5) is 0 Å². The second kappa shape index (κ2) is 7.55. The topological polar surface area (TPSA) is 139 Å². The van der Waals surface area contributed by atoms with Crippen molar-refractivity contribution in [1.29, 1.82) is 0 Å². The van der Waals surface area contributed by atoms with E-state index in [1.807, 2.05) is 34.9 Å². The van der Waals surface area contributed by atoms with Crippen molar-refractivity contribution < 1.29 is 9.90 Å². The van der Waals surface area contributed by atoms with Crippen molar-refractivity contribution >= 4 is 28.2 Å². The van der Waals surface area contributed by atoms with Gasteiger partial charge in [0.2, 0.25) is 0 Å². The van der Waals surface area contributed by atoms with Crippen LogP contribution in [0.15, 0.2) is 58.1 Å². The number of aromatic amines is 2. The number of hydrogen-bond donors (Lipinski definition) is 3. The highest BCUT2D eigenvalue weighted by molar-refractivity contribution is 5.92. The fraction of sp³-hybridized carbons (Fsp3) is 0.208. The number of carboxylic acid groups (broad SMARTS) is 1. The Kier molecular flexibility index (Phi) is 4.47. The van der Waals surface area contributed by atoms with Crippen molar-refractivity contribution in [2.45, 2.75) is 31.8 Å². The maximum absolute atomic E-state index is 12.9. The SMILES string of the molecule is O=C(O)c1ccc2nc(Cc3nc4c(c(=O)[nH]c(=O)n4C4CC4)n3Cc3ccccc3)[nH]c2c1. The van der Waals surface area contributed by atoms with Crippen molar-refractivity contribution in [2.24, 2.45) is 0 Å². The largest absolute Gasteiger partial charge is 0.478 e. The van der Waals surface area contributed by atoms with Gasteiger partial charge in [0, 0.05) is 12.6 Å². The number of aromatic carboxylic acids is 1. The van der Waals surface area contributed by atoms with Crippen LogP contribution in [0.5, 0.6) is 0 Å². The molecule has 5 aromatic rings. The van der Waals surface area contributed by atoms with E-state index in [0.717, 1.165) is 18.4 Å². The Bertz CT molecular complexity index is 1690. The third-order valence-corrected chi connectivity index (χ3v) is 6.11. The van der Waals surface area contributed by atoms with Crippen LogP contribution in [0.2, 0.25) is 0 Å². The number of carbonyl (C=O) groups is 1. The highest BCUT2D eigenvalue weighted by atomic mass is 16.4. The van der Waals surface area contributed by atoms with E-state index in [1.54, 1.807) is 10.6 Å². The van der Waals surface area contributed by atoms with Gasteiger partial charge in [-0.2, -0.15) is 0 Å². The summed E-state index contributed by atoms with van der Waals surface area (Å²) in [5, 5.41) is 9.26. The molecule has 3 heterocycles. The minimum Gasteiger partial charge on any atom is -0.478 e. The molecule has 1 fully saturated rings. The van der Waals surface area contributed by atoms with Gasteiger partial charge in [-0.15, -0.1) is 0 Å². The summed E-state index contributed by atoms with van der Waals surface area (Å²) in [4.78, 5) is 51.7. The van der Waals surface area contributed by atoms with E-state index in [-0.39, 0.29) is 18.0 Å². The number of hydrogen-bond acceptors (Lipinski definition) is 5. The van der Waals surface area contributed by atoms with Crippen LogP contribution in [0.3, 0.4) is 0 Å². The Morgan fingerprint density at radius 3 is 2.59 bits per heavy atom. The molecule has 0 spiro atoms. The highest BCUT2D eigenvalue weighted by Gasteiger charge is 2.30. The molecule has 10 nitrogen and oxygen atoms in total. The van der Waals surface area contributed by atoms with Gasteiger partial charge in [-0.25, -0.2) is 19.6 Å².